The molecule has 0 saturated carbocycles. The van der Waals surface area contributed by atoms with Gasteiger partial charge in [0.15, 0.2) is 5.78 Å². The molecule has 0 N–H and O–H groups in total. The number of hydrogen-bond acceptors (Lipinski definition) is 2. The highest BCUT2D eigenvalue weighted by Crippen LogP contribution is 2.32. The maximum atomic E-state index is 11.6. The van der Waals surface area contributed by atoms with Gasteiger partial charge < -0.3 is 0 Å². The highest BCUT2D eigenvalue weighted by atomic mass is 28.3. The number of allylic oxidation sites excluding steroid dienone is 4. The summed E-state index contributed by atoms with van der Waals surface area (Å²) in [5.74, 6) is -0.186. The minimum Gasteiger partial charge on any atom is -0.299 e. The van der Waals surface area contributed by atoms with Gasteiger partial charge in [-0.15, -0.1) is 0 Å². The van der Waals surface area contributed by atoms with E-state index in [-0.39, 0.29) is 17.5 Å². The minimum absolute atomic E-state index is 0.0402. The molecular weight excluding hydrogens is 216 g/mol. The fourth-order valence-corrected chi connectivity index (χ4v) is 3.56. The highest BCUT2D eigenvalue weighted by molar-refractivity contribution is 6.76. The molecule has 1 rings (SSSR count). The van der Waals surface area contributed by atoms with Crippen molar-refractivity contribution < 1.29 is 9.59 Å². The molecule has 0 heterocycles. The normalized spacial score (nSPS) is 20.4. The van der Waals surface area contributed by atoms with E-state index in [1.165, 1.54) is 0 Å². The molecule has 0 aromatic heterocycles. The van der Waals surface area contributed by atoms with E-state index in [1.54, 1.807) is 13.8 Å². The molecule has 0 saturated heterocycles. The van der Waals surface area contributed by atoms with Crippen molar-refractivity contribution in [2.24, 2.45) is 5.92 Å². The first-order valence-corrected chi connectivity index (χ1v) is 9.36. The fraction of sp³-hybridized carbons (Fsp3) is 0.538. The lowest BCUT2D eigenvalue weighted by Crippen LogP contribution is -2.21. The van der Waals surface area contributed by atoms with E-state index in [9.17, 15) is 9.59 Å². The average Bonchev–Trinajstić information content (AvgIpc) is 2.44. The molecule has 0 radical (unpaired) electrons. The van der Waals surface area contributed by atoms with Crippen LogP contribution in [0.25, 0.3) is 0 Å². The highest BCUT2D eigenvalue weighted by Gasteiger charge is 2.29. The van der Waals surface area contributed by atoms with Gasteiger partial charge in [-0.2, -0.15) is 0 Å². The monoisotopic (exact) mass is 236 g/mol. The predicted octanol–water partition coefficient (Wildman–Crippen LogP) is 2.99. The van der Waals surface area contributed by atoms with E-state index in [0.29, 0.717) is 0 Å². The Morgan fingerprint density at radius 3 is 2.19 bits per heavy atom. The van der Waals surface area contributed by atoms with Gasteiger partial charge in [0.25, 0.3) is 0 Å². The molecule has 0 aromatic rings. The minimum atomic E-state index is -1.25. The van der Waals surface area contributed by atoms with Gasteiger partial charge in [-0.3, -0.25) is 9.59 Å². The van der Waals surface area contributed by atoms with Crippen LogP contribution < -0.4 is 0 Å². The molecule has 1 atom stereocenters. The second-order valence-corrected chi connectivity index (χ2v) is 11.2. The Morgan fingerprint density at radius 1 is 1.25 bits per heavy atom. The van der Waals surface area contributed by atoms with Crippen LogP contribution in [-0.4, -0.2) is 19.6 Å². The maximum absolute atomic E-state index is 11.6. The van der Waals surface area contributed by atoms with Gasteiger partial charge in [-0.25, -0.2) is 0 Å². The van der Waals surface area contributed by atoms with E-state index in [4.69, 9.17) is 0 Å². The van der Waals surface area contributed by atoms with Crippen molar-refractivity contribution in [3.63, 3.8) is 0 Å². The summed E-state index contributed by atoms with van der Waals surface area (Å²) in [4.78, 5) is 23.1. The standard InChI is InChI=1S/C13H20O2Si/c1-9(14)12-7-6-11(8-16(3,4)5)13(12)10(2)15/h6-7,12H,8H2,1-5H3. The fourth-order valence-electron chi connectivity index (χ4n) is 2.11. The van der Waals surface area contributed by atoms with E-state index >= 15 is 0 Å². The first-order chi connectivity index (χ1) is 7.22. The number of ketones is 2. The first-order valence-electron chi connectivity index (χ1n) is 5.65. The molecule has 1 aliphatic rings. The molecular formula is C13H20O2Si. The third-order valence-electron chi connectivity index (χ3n) is 2.68. The van der Waals surface area contributed by atoms with Crippen LogP contribution in [0.2, 0.25) is 25.7 Å². The van der Waals surface area contributed by atoms with Crippen molar-refractivity contribution >= 4 is 19.6 Å². The predicted molar refractivity (Wildman–Crippen MR) is 69.2 cm³/mol. The Morgan fingerprint density at radius 2 is 1.81 bits per heavy atom. The zero-order valence-electron chi connectivity index (χ0n) is 10.8. The van der Waals surface area contributed by atoms with Gasteiger partial charge in [-0.05, 0) is 25.5 Å². The lowest BCUT2D eigenvalue weighted by atomic mass is 9.94. The molecule has 16 heavy (non-hydrogen) atoms. The molecule has 3 heteroatoms. The van der Waals surface area contributed by atoms with Gasteiger partial charge >= 0.3 is 0 Å². The molecule has 2 nitrogen and oxygen atoms in total. The Bertz CT molecular complexity index is 383. The maximum Gasteiger partial charge on any atom is 0.157 e. The Kier molecular flexibility index (Phi) is 3.68. The van der Waals surface area contributed by atoms with Crippen molar-refractivity contribution in [3.05, 3.63) is 23.3 Å². The SMILES string of the molecule is CC(=O)C1=C(C[Si](C)(C)C)C=CC1C(C)=O. The summed E-state index contributed by atoms with van der Waals surface area (Å²) in [7, 11) is -1.25. The summed E-state index contributed by atoms with van der Waals surface area (Å²) >= 11 is 0. The number of Topliss-reactive ketones (excluding diaryl/α,β-unsaturated/α-hetero) is 2. The summed E-state index contributed by atoms with van der Waals surface area (Å²) in [6.07, 6.45) is 3.84. The molecule has 0 amide bonds. The second-order valence-electron chi connectivity index (χ2n) is 5.68. The Hall–Kier alpha value is -0.963. The van der Waals surface area contributed by atoms with Crippen molar-refractivity contribution in [2.75, 3.05) is 0 Å². The Balaban J connectivity index is 3.07. The Labute approximate surface area is 98.4 Å². The molecule has 1 aliphatic carbocycles. The van der Waals surface area contributed by atoms with Crippen LogP contribution in [0.5, 0.6) is 0 Å². The van der Waals surface area contributed by atoms with Gasteiger partial charge in [-0.1, -0.05) is 31.8 Å². The molecule has 0 aliphatic heterocycles. The zero-order valence-corrected chi connectivity index (χ0v) is 11.8. The van der Waals surface area contributed by atoms with Crippen molar-refractivity contribution in [1.29, 1.82) is 0 Å². The van der Waals surface area contributed by atoms with Crippen LogP contribution in [0.1, 0.15) is 13.8 Å². The topological polar surface area (TPSA) is 34.1 Å². The van der Waals surface area contributed by atoms with Crippen LogP contribution in [0, 0.1) is 5.92 Å². The van der Waals surface area contributed by atoms with Crippen molar-refractivity contribution in [3.8, 4) is 0 Å². The van der Waals surface area contributed by atoms with Crippen LogP contribution >= 0.6 is 0 Å². The molecule has 0 fully saturated rings. The van der Waals surface area contributed by atoms with E-state index in [1.807, 2.05) is 12.2 Å². The van der Waals surface area contributed by atoms with E-state index in [2.05, 4.69) is 19.6 Å². The summed E-state index contributed by atoms with van der Waals surface area (Å²) in [6.45, 7) is 9.92. The molecule has 1 unspecified atom stereocenters. The number of carbonyl (C=O) groups is 2. The smallest absolute Gasteiger partial charge is 0.157 e. The van der Waals surface area contributed by atoms with Crippen LogP contribution in [0.4, 0.5) is 0 Å². The molecule has 88 valence electrons. The number of carbonyl (C=O) groups excluding carboxylic acids is 2. The van der Waals surface area contributed by atoms with Gasteiger partial charge in [0.1, 0.15) is 5.78 Å². The van der Waals surface area contributed by atoms with Gasteiger partial charge in [0, 0.05) is 13.6 Å². The lowest BCUT2D eigenvalue weighted by molar-refractivity contribution is -0.121. The molecule has 0 aromatic carbocycles. The van der Waals surface area contributed by atoms with Crippen LogP contribution in [0.15, 0.2) is 23.3 Å². The zero-order chi connectivity index (χ0) is 12.5. The van der Waals surface area contributed by atoms with E-state index in [0.717, 1.165) is 17.2 Å². The third-order valence-corrected chi connectivity index (χ3v) is 4.13. The molecule has 0 bridgehead atoms. The summed E-state index contributed by atoms with van der Waals surface area (Å²) in [5.41, 5.74) is 1.82. The van der Waals surface area contributed by atoms with Crippen LogP contribution in [0.3, 0.4) is 0 Å². The van der Waals surface area contributed by atoms with E-state index < -0.39 is 8.07 Å². The largest absolute Gasteiger partial charge is 0.299 e. The van der Waals surface area contributed by atoms with Crippen molar-refractivity contribution in [2.45, 2.75) is 39.5 Å². The number of rotatable bonds is 4. The van der Waals surface area contributed by atoms with Gasteiger partial charge in [0.05, 0.1) is 5.92 Å². The first kappa shape index (κ1) is 13.1. The third kappa shape index (κ3) is 3.01. The quantitative estimate of drug-likeness (QED) is 0.703. The second kappa shape index (κ2) is 4.50. The summed E-state index contributed by atoms with van der Waals surface area (Å²) in [6, 6.07) is 0.974. The average molecular weight is 236 g/mol. The molecule has 0 spiro atoms. The lowest BCUT2D eigenvalue weighted by Gasteiger charge is -2.18. The van der Waals surface area contributed by atoms with Crippen LogP contribution in [-0.2, 0) is 9.59 Å². The summed E-state index contributed by atoms with van der Waals surface area (Å²) < 4.78 is 0. The summed E-state index contributed by atoms with van der Waals surface area (Å²) in [5, 5.41) is 0. The van der Waals surface area contributed by atoms with Gasteiger partial charge in [0.2, 0.25) is 0 Å². The van der Waals surface area contributed by atoms with Crippen molar-refractivity contribution in [1.82, 2.24) is 0 Å². The number of hydrogen-bond donors (Lipinski definition) is 0.